The number of nitro groups is 1. The molecular weight excluding hydrogens is 276 g/mol. The average Bonchev–Trinajstić information content (AvgIpc) is 2.37. The quantitative estimate of drug-likeness (QED) is 0.334. The second-order valence-corrected chi connectivity index (χ2v) is 9.67. The number of benzene rings is 1. The minimum absolute atomic E-state index is 0.106. The summed E-state index contributed by atoms with van der Waals surface area (Å²) in [6.45, 7) is 6.77. The summed E-state index contributed by atoms with van der Waals surface area (Å²) in [5.41, 5.74) is 0.165. The van der Waals surface area contributed by atoms with Crippen LogP contribution < -0.4 is 0 Å². The first kappa shape index (κ1) is 16.3. The third-order valence-electron chi connectivity index (χ3n) is 2.44. The number of ether oxygens (including phenoxy) is 1. The van der Waals surface area contributed by atoms with Crippen molar-refractivity contribution in [2.24, 2.45) is 0 Å². The standard InChI is InChI=1S/C13H18N2O4Si/c1-20(2,3)19-9-8-18-13(10-14)11-6-4-5-7-12(11)15(16)17/h4-7,13H,8-9H2,1-3H3. The van der Waals surface area contributed by atoms with Gasteiger partial charge in [-0.25, -0.2) is 0 Å². The Morgan fingerprint density at radius 2 is 2.00 bits per heavy atom. The molecule has 1 unspecified atom stereocenters. The van der Waals surface area contributed by atoms with Crippen LogP contribution in [-0.4, -0.2) is 26.5 Å². The minimum atomic E-state index is -1.62. The van der Waals surface area contributed by atoms with E-state index in [0.29, 0.717) is 6.61 Å². The first-order chi connectivity index (χ1) is 9.35. The molecule has 0 aliphatic rings. The number of rotatable bonds is 7. The van der Waals surface area contributed by atoms with Crippen molar-refractivity contribution >= 4 is 14.0 Å². The molecule has 0 saturated carbocycles. The lowest BCUT2D eigenvalue weighted by Gasteiger charge is -2.18. The van der Waals surface area contributed by atoms with E-state index in [-0.39, 0.29) is 17.9 Å². The Morgan fingerprint density at radius 1 is 1.35 bits per heavy atom. The van der Waals surface area contributed by atoms with Crippen LogP contribution >= 0.6 is 0 Å². The third-order valence-corrected chi connectivity index (χ3v) is 3.51. The van der Waals surface area contributed by atoms with Crippen molar-refractivity contribution < 1.29 is 14.1 Å². The second-order valence-electron chi connectivity index (χ2n) is 5.16. The van der Waals surface area contributed by atoms with Gasteiger partial charge >= 0.3 is 0 Å². The highest BCUT2D eigenvalue weighted by molar-refractivity contribution is 6.69. The molecule has 1 aromatic rings. The summed E-state index contributed by atoms with van der Waals surface area (Å²) in [5, 5.41) is 20.0. The van der Waals surface area contributed by atoms with E-state index >= 15 is 0 Å². The lowest BCUT2D eigenvalue weighted by atomic mass is 10.1. The number of nitriles is 1. The first-order valence-corrected chi connectivity index (χ1v) is 9.64. The summed E-state index contributed by atoms with van der Waals surface area (Å²) in [7, 11) is -1.62. The zero-order valence-corrected chi connectivity index (χ0v) is 12.8. The lowest BCUT2D eigenvalue weighted by molar-refractivity contribution is -0.386. The van der Waals surface area contributed by atoms with E-state index in [0.717, 1.165) is 0 Å². The predicted molar refractivity (Wildman–Crippen MR) is 76.7 cm³/mol. The van der Waals surface area contributed by atoms with E-state index in [1.807, 2.05) is 6.07 Å². The van der Waals surface area contributed by atoms with Gasteiger partial charge in [-0.05, 0) is 25.7 Å². The summed E-state index contributed by atoms with van der Waals surface area (Å²) in [6, 6.07) is 8.04. The summed E-state index contributed by atoms with van der Waals surface area (Å²) < 4.78 is 11.0. The van der Waals surface area contributed by atoms with Crippen molar-refractivity contribution in [3.8, 4) is 6.07 Å². The summed E-state index contributed by atoms with van der Waals surface area (Å²) in [5.74, 6) is 0. The minimum Gasteiger partial charge on any atom is -0.415 e. The SMILES string of the molecule is C[Si](C)(C)OCCOC(C#N)c1ccccc1[N+](=O)[O-]. The molecule has 1 atom stereocenters. The van der Waals surface area contributed by atoms with Gasteiger partial charge in [-0.1, -0.05) is 12.1 Å². The first-order valence-electron chi connectivity index (χ1n) is 6.23. The fourth-order valence-electron chi connectivity index (χ4n) is 1.59. The van der Waals surface area contributed by atoms with Crippen LogP contribution in [0.1, 0.15) is 11.7 Å². The van der Waals surface area contributed by atoms with E-state index in [9.17, 15) is 10.1 Å². The highest BCUT2D eigenvalue weighted by Crippen LogP contribution is 2.26. The maximum atomic E-state index is 10.9. The predicted octanol–water partition coefficient (Wildman–Crippen LogP) is 3.03. The van der Waals surface area contributed by atoms with E-state index in [2.05, 4.69) is 19.6 Å². The molecule has 0 spiro atoms. The highest BCUT2D eigenvalue weighted by Gasteiger charge is 2.22. The number of nitro benzene ring substituents is 1. The molecule has 0 heterocycles. The number of hydrogen-bond acceptors (Lipinski definition) is 5. The Bertz CT molecular complexity index is 508. The molecule has 108 valence electrons. The largest absolute Gasteiger partial charge is 0.415 e. The zero-order valence-electron chi connectivity index (χ0n) is 11.8. The van der Waals surface area contributed by atoms with E-state index < -0.39 is 19.3 Å². The molecule has 6 nitrogen and oxygen atoms in total. The smallest absolute Gasteiger partial charge is 0.276 e. The van der Waals surface area contributed by atoms with Crippen LogP contribution in [0.2, 0.25) is 19.6 Å². The molecular formula is C13H18N2O4Si. The number of para-hydroxylation sites is 1. The van der Waals surface area contributed by atoms with Crippen molar-refractivity contribution in [3.05, 3.63) is 39.9 Å². The van der Waals surface area contributed by atoms with Crippen molar-refractivity contribution in [1.29, 1.82) is 5.26 Å². The zero-order chi connectivity index (χ0) is 15.2. The maximum absolute atomic E-state index is 10.9. The monoisotopic (exact) mass is 294 g/mol. The third kappa shape index (κ3) is 5.09. The van der Waals surface area contributed by atoms with Crippen molar-refractivity contribution in [2.45, 2.75) is 25.7 Å². The van der Waals surface area contributed by atoms with E-state index in [4.69, 9.17) is 14.4 Å². The molecule has 1 rings (SSSR count). The normalized spacial score (nSPS) is 12.7. The van der Waals surface area contributed by atoms with Crippen LogP contribution in [0.15, 0.2) is 24.3 Å². The fraction of sp³-hybridized carbons (Fsp3) is 0.462. The molecule has 20 heavy (non-hydrogen) atoms. The van der Waals surface area contributed by atoms with Gasteiger partial charge in [0.05, 0.1) is 29.8 Å². The molecule has 0 saturated heterocycles. The van der Waals surface area contributed by atoms with Gasteiger partial charge in [0.2, 0.25) is 0 Å². The van der Waals surface area contributed by atoms with E-state index in [1.165, 1.54) is 12.1 Å². The highest BCUT2D eigenvalue weighted by atomic mass is 28.4. The Morgan fingerprint density at radius 3 is 2.55 bits per heavy atom. The van der Waals surface area contributed by atoms with E-state index in [1.54, 1.807) is 12.1 Å². The van der Waals surface area contributed by atoms with Crippen LogP contribution in [-0.2, 0) is 9.16 Å². The molecule has 1 aromatic carbocycles. The molecule has 0 aliphatic heterocycles. The topological polar surface area (TPSA) is 85.4 Å². The molecule has 0 aliphatic carbocycles. The summed E-state index contributed by atoms with van der Waals surface area (Å²) >= 11 is 0. The van der Waals surface area contributed by atoms with Crippen LogP contribution in [0.5, 0.6) is 0 Å². The molecule has 7 heteroatoms. The Kier molecular flexibility index (Phi) is 5.82. The molecule has 0 radical (unpaired) electrons. The van der Waals surface area contributed by atoms with Crippen LogP contribution in [0.3, 0.4) is 0 Å². The van der Waals surface area contributed by atoms with Gasteiger partial charge in [0, 0.05) is 6.07 Å². The molecule has 0 aromatic heterocycles. The van der Waals surface area contributed by atoms with Crippen LogP contribution in [0.25, 0.3) is 0 Å². The van der Waals surface area contributed by atoms with Gasteiger partial charge in [0.15, 0.2) is 14.4 Å². The Labute approximate surface area is 119 Å². The van der Waals surface area contributed by atoms with Gasteiger partial charge in [0.25, 0.3) is 5.69 Å². The Hall–Kier alpha value is -1.75. The van der Waals surface area contributed by atoms with Gasteiger partial charge in [-0.15, -0.1) is 0 Å². The van der Waals surface area contributed by atoms with Gasteiger partial charge < -0.3 is 9.16 Å². The van der Waals surface area contributed by atoms with Gasteiger partial charge in [-0.2, -0.15) is 5.26 Å². The lowest BCUT2D eigenvalue weighted by Crippen LogP contribution is -2.27. The van der Waals surface area contributed by atoms with Crippen LogP contribution in [0, 0.1) is 21.4 Å². The van der Waals surface area contributed by atoms with Gasteiger partial charge in [0.1, 0.15) is 0 Å². The van der Waals surface area contributed by atoms with Crippen molar-refractivity contribution in [3.63, 3.8) is 0 Å². The Balaban J connectivity index is 2.68. The summed E-state index contributed by atoms with van der Waals surface area (Å²) in [6.07, 6.45) is -0.957. The molecule has 0 amide bonds. The number of nitrogens with zero attached hydrogens (tertiary/aromatic N) is 2. The van der Waals surface area contributed by atoms with Crippen molar-refractivity contribution in [1.82, 2.24) is 0 Å². The fourth-order valence-corrected chi connectivity index (χ4v) is 2.28. The molecule has 0 bridgehead atoms. The van der Waals surface area contributed by atoms with Crippen molar-refractivity contribution in [2.75, 3.05) is 13.2 Å². The molecule has 0 N–H and O–H groups in total. The molecule has 0 fully saturated rings. The number of hydrogen-bond donors (Lipinski definition) is 0. The summed E-state index contributed by atoms with van der Waals surface area (Å²) in [4.78, 5) is 10.4. The van der Waals surface area contributed by atoms with Crippen LogP contribution in [0.4, 0.5) is 5.69 Å². The van der Waals surface area contributed by atoms with Gasteiger partial charge in [-0.3, -0.25) is 10.1 Å². The maximum Gasteiger partial charge on any atom is 0.276 e. The second kappa shape index (κ2) is 7.14. The average molecular weight is 294 g/mol.